The lowest BCUT2D eigenvalue weighted by Crippen LogP contribution is -2.37. The normalized spacial score (nSPS) is 14.8. The van der Waals surface area contributed by atoms with Gasteiger partial charge >= 0.3 is 0 Å². The Morgan fingerprint density at radius 2 is 1.94 bits per heavy atom. The summed E-state index contributed by atoms with van der Waals surface area (Å²) in [7, 11) is -0.174. The van der Waals surface area contributed by atoms with E-state index in [0.717, 1.165) is 11.3 Å². The quantitative estimate of drug-likeness (QED) is 0.769. The van der Waals surface area contributed by atoms with Gasteiger partial charge in [0.25, 0.3) is 0 Å². The summed E-state index contributed by atoms with van der Waals surface area (Å²) in [4.78, 5) is 0. The Balaban J connectivity index is 3.12. The van der Waals surface area contributed by atoms with Gasteiger partial charge in [-0.2, -0.15) is 5.26 Å². The molecule has 0 aliphatic carbocycles. The highest BCUT2D eigenvalue weighted by atomic mass is 28.4. The van der Waals surface area contributed by atoms with Crippen LogP contribution in [0, 0.1) is 11.3 Å². The second kappa shape index (κ2) is 4.90. The first-order valence-electron chi connectivity index (χ1n) is 5.57. The Labute approximate surface area is 104 Å². The van der Waals surface area contributed by atoms with Gasteiger partial charge in [-0.25, -0.2) is 0 Å². The van der Waals surface area contributed by atoms with E-state index in [1.54, 1.807) is 14.0 Å². The number of methoxy groups -OCH3 is 1. The minimum Gasteiger partial charge on any atom is -0.497 e. The topological polar surface area (TPSA) is 42.2 Å². The minimum atomic E-state index is -1.79. The number of rotatable bonds is 4. The predicted molar refractivity (Wildman–Crippen MR) is 70.4 cm³/mol. The lowest BCUT2D eigenvalue weighted by molar-refractivity contribution is 0.140. The molecule has 0 saturated carbocycles. The van der Waals surface area contributed by atoms with E-state index in [1.165, 1.54) is 0 Å². The summed E-state index contributed by atoms with van der Waals surface area (Å²) in [6.45, 7) is 8.02. The molecule has 0 radical (unpaired) electrons. The standard InChI is InChI=1S/C13H19NO2Si/c1-13(10-14,16-17(3,4)5)11-7-6-8-12(9-11)15-2/h6-9H,1-5H3/t13-/m0/s1. The van der Waals surface area contributed by atoms with Crippen molar-refractivity contribution in [2.45, 2.75) is 32.2 Å². The highest BCUT2D eigenvalue weighted by Crippen LogP contribution is 2.30. The predicted octanol–water partition coefficient (Wildman–Crippen LogP) is 3.29. The van der Waals surface area contributed by atoms with Crippen molar-refractivity contribution in [3.05, 3.63) is 29.8 Å². The van der Waals surface area contributed by atoms with Crippen LogP contribution in [0.4, 0.5) is 0 Å². The van der Waals surface area contributed by atoms with Crippen LogP contribution in [0.15, 0.2) is 24.3 Å². The Kier molecular flexibility index (Phi) is 3.97. The van der Waals surface area contributed by atoms with Gasteiger partial charge in [0.1, 0.15) is 11.8 Å². The van der Waals surface area contributed by atoms with Gasteiger partial charge in [0.15, 0.2) is 13.9 Å². The second-order valence-electron chi connectivity index (χ2n) is 5.09. The summed E-state index contributed by atoms with van der Waals surface area (Å²) < 4.78 is 11.2. The molecular formula is C13H19NO2Si. The van der Waals surface area contributed by atoms with E-state index in [1.807, 2.05) is 24.3 Å². The molecular weight excluding hydrogens is 230 g/mol. The molecule has 17 heavy (non-hydrogen) atoms. The molecule has 0 amide bonds. The van der Waals surface area contributed by atoms with Crippen LogP contribution in [0.5, 0.6) is 5.75 Å². The maximum atomic E-state index is 9.37. The van der Waals surface area contributed by atoms with Crippen LogP contribution in [0.1, 0.15) is 12.5 Å². The lowest BCUT2D eigenvalue weighted by atomic mass is 9.98. The molecule has 0 aliphatic heterocycles. The van der Waals surface area contributed by atoms with Crippen molar-refractivity contribution >= 4 is 8.32 Å². The first-order chi connectivity index (χ1) is 7.80. The van der Waals surface area contributed by atoms with Crippen LogP contribution in [0.2, 0.25) is 19.6 Å². The van der Waals surface area contributed by atoms with E-state index >= 15 is 0 Å². The lowest BCUT2D eigenvalue weighted by Gasteiger charge is -2.31. The molecule has 0 bridgehead atoms. The molecule has 3 nitrogen and oxygen atoms in total. The van der Waals surface area contributed by atoms with E-state index in [-0.39, 0.29) is 0 Å². The fourth-order valence-corrected chi connectivity index (χ4v) is 3.07. The van der Waals surface area contributed by atoms with Crippen LogP contribution in [-0.4, -0.2) is 15.4 Å². The smallest absolute Gasteiger partial charge is 0.186 e. The molecule has 0 heterocycles. The van der Waals surface area contributed by atoms with Crippen LogP contribution < -0.4 is 4.74 Å². The Morgan fingerprint density at radius 1 is 1.29 bits per heavy atom. The molecule has 1 atom stereocenters. The minimum absolute atomic E-state index is 0.739. The number of hydrogen-bond acceptors (Lipinski definition) is 3. The fourth-order valence-electron chi connectivity index (χ4n) is 1.68. The average molecular weight is 249 g/mol. The van der Waals surface area contributed by atoms with E-state index in [0.29, 0.717) is 0 Å². The first kappa shape index (κ1) is 13.8. The van der Waals surface area contributed by atoms with E-state index in [2.05, 4.69) is 25.7 Å². The number of ether oxygens (including phenoxy) is 1. The van der Waals surface area contributed by atoms with Gasteiger partial charge in [0, 0.05) is 5.56 Å². The maximum absolute atomic E-state index is 9.37. The number of nitrogens with zero attached hydrogens (tertiary/aromatic N) is 1. The molecule has 0 fully saturated rings. The average Bonchev–Trinajstić information content (AvgIpc) is 2.27. The van der Waals surface area contributed by atoms with Gasteiger partial charge < -0.3 is 9.16 Å². The molecule has 0 aromatic heterocycles. The van der Waals surface area contributed by atoms with Crippen molar-refractivity contribution in [2.75, 3.05) is 7.11 Å². The molecule has 4 heteroatoms. The summed E-state index contributed by atoms with van der Waals surface area (Å²) in [5, 5.41) is 9.37. The van der Waals surface area contributed by atoms with Crippen LogP contribution >= 0.6 is 0 Å². The van der Waals surface area contributed by atoms with Gasteiger partial charge in [0.05, 0.1) is 7.11 Å². The van der Waals surface area contributed by atoms with Crippen LogP contribution in [0.25, 0.3) is 0 Å². The van der Waals surface area contributed by atoms with Crippen molar-refractivity contribution < 1.29 is 9.16 Å². The zero-order valence-corrected chi connectivity index (χ0v) is 12.1. The SMILES string of the molecule is COc1cccc([C@](C)(C#N)O[Si](C)(C)C)c1. The molecule has 92 valence electrons. The summed E-state index contributed by atoms with van der Waals surface area (Å²) in [5.41, 5.74) is -0.0688. The van der Waals surface area contributed by atoms with Gasteiger partial charge in [-0.1, -0.05) is 12.1 Å². The molecule has 1 rings (SSSR count). The van der Waals surface area contributed by atoms with E-state index < -0.39 is 13.9 Å². The van der Waals surface area contributed by atoms with Crippen molar-refractivity contribution in [2.24, 2.45) is 0 Å². The van der Waals surface area contributed by atoms with E-state index in [4.69, 9.17) is 9.16 Å². The third-order valence-electron chi connectivity index (χ3n) is 2.34. The summed E-state index contributed by atoms with van der Waals surface area (Å²) >= 11 is 0. The van der Waals surface area contributed by atoms with E-state index in [9.17, 15) is 5.26 Å². The first-order valence-corrected chi connectivity index (χ1v) is 8.97. The molecule has 0 spiro atoms. The molecule has 1 aromatic rings. The zero-order chi connectivity index (χ0) is 13.1. The van der Waals surface area contributed by atoms with Crippen molar-refractivity contribution in [3.63, 3.8) is 0 Å². The molecule has 1 aromatic carbocycles. The second-order valence-corrected chi connectivity index (χ2v) is 9.52. The monoisotopic (exact) mass is 249 g/mol. The van der Waals surface area contributed by atoms with Gasteiger partial charge in [-0.3, -0.25) is 0 Å². The highest BCUT2D eigenvalue weighted by Gasteiger charge is 2.33. The molecule has 0 unspecified atom stereocenters. The number of nitriles is 1. The maximum Gasteiger partial charge on any atom is 0.186 e. The molecule has 0 N–H and O–H groups in total. The number of benzene rings is 1. The Morgan fingerprint density at radius 3 is 2.41 bits per heavy atom. The largest absolute Gasteiger partial charge is 0.497 e. The molecule has 0 aliphatic rings. The third-order valence-corrected chi connectivity index (χ3v) is 3.36. The highest BCUT2D eigenvalue weighted by molar-refractivity contribution is 6.69. The van der Waals surface area contributed by atoms with Gasteiger partial charge in [-0.05, 0) is 38.7 Å². The fraction of sp³-hybridized carbons (Fsp3) is 0.462. The van der Waals surface area contributed by atoms with Crippen LogP contribution in [-0.2, 0) is 10.0 Å². The Bertz CT molecular complexity index is 434. The van der Waals surface area contributed by atoms with Crippen LogP contribution in [0.3, 0.4) is 0 Å². The van der Waals surface area contributed by atoms with Crippen molar-refractivity contribution in [1.29, 1.82) is 5.26 Å². The zero-order valence-electron chi connectivity index (χ0n) is 11.1. The third kappa shape index (κ3) is 3.58. The molecule has 0 saturated heterocycles. The van der Waals surface area contributed by atoms with Gasteiger partial charge in [-0.15, -0.1) is 0 Å². The van der Waals surface area contributed by atoms with Crippen molar-refractivity contribution in [1.82, 2.24) is 0 Å². The Hall–Kier alpha value is -1.31. The summed E-state index contributed by atoms with van der Waals surface area (Å²) in [6.07, 6.45) is 0. The van der Waals surface area contributed by atoms with Crippen molar-refractivity contribution in [3.8, 4) is 11.8 Å². The summed E-state index contributed by atoms with van der Waals surface area (Å²) in [6, 6.07) is 9.73. The van der Waals surface area contributed by atoms with Gasteiger partial charge in [0.2, 0.25) is 0 Å². The number of hydrogen-bond donors (Lipinski definition) is 0. The summed E-state index contributed by atoms with van der Waals surface area (Å²) in [5.74, 6) is 0.739.